The minimum Gasteiger partial charge on any atom is -0.377 e. The topological polar surface area (TPSA) is 58.5 Å². The van der Waals surface area contributed by atoms with Gasteiger partial charge in [-0.1, -0.05) is 30.3 Å². The van der Waals surface area contributed by atoms with Crippen molar-refractivity contribution in [3.8, 4) is 0 Å². The van der Waals surface area contributed by atoms with E-state index in [0.717, 1.165) is 57.2 Å². The fourth-order valence-corrected chi connectivity index (χ4v) is 3.48. The summed E-state index contributed by atoms with van der Waals surface area (Å²) in [5.41, 5.74) is 2.37. The van der Waals surface area contributed by atoms with Gasteiger partial charge >= 0.3 is 0 Å². The molecule has 0 radical (unpaired) electrons. The van der Waals surface area contributed by atoms with Gasteiger partial charge in [0.1, 0.15) is 0 Å². The van der Waals surface area contributed by atoms with Crippen LogP contribution < -0.4 is 10.6 Å². The molecule has 0 saturated carbocycles. The highest BCUT2D eigenvalue weighted by atomic mass is 127. The molecule has 7 heteroatoms. The second kappa shape index (κ2) is 14.8. The number of aromatic nitrogens is 1. The monoisotopic (exact) mass is 516 g/mol. The zero-order valence-corrected chi connectivity index (χ0v) is 20.3. The number of rotatable bonds is 11. The highest BCUT2D eigenvalue weighted by molar-refractivity contribution is 14.0. The van der Waals surface area contributed by atoms with Gasteiger partial charge in [0.05, 0.1) is 17.3 Å². The van der Waals surface area contributed by atoms with Crippen LogP contribution in [0.1, 0.15) is 40.9 Å². The van der Waals surface area contributed by atoms with Gasteiger partial charge in [-0.2, -0.15) is 0 Å². The number of halogens is 1. The van der Waals surface area contributed by atoms with Gasteiger partial charge in [-0.15, -0.1) is 35.3 Å². The van der Waals surface area contributed by atoms with E-state index in [2.05, 4.69) is 53.5 Å². The number of ether oxygens (including phenoxy) is 1. The standard InChI is InChI=1S/C21H32N4OS.HI/c1-4-22-21(24-14-12-20-25-17(2)18(3)27-20)23-13-8-9-15-26-16-19-10-6-5-7-11-19;/h5-7,10-11H,4,8-9,12-16H2,1-3H3,(H2,22,23,24);1H. The maximum Gasteiger partial charge on any atom is 0.191 e. The lowest BCUT2D eigenvalue weighted by molar-refractivity contribution is 0.117. The summed E-state index contributed by atoms with van der Waals surface area (Å²) in [5, 5.41) is 7.88. The largest absolute Gasteiger partial charge is 0.377 e. The van der Waals surface area contributed by atoms with Gasteiger partial charge < -0.3 is 15.4 Å². The van der Waals surface area contributed by atoms with E-state index in [9.17, 15) is 0 Å². The van der Waals surface area contributed by atoms with Crippen molar-refractivity contribution in [2.24, 2.45) is 4.99 Å². The molecule has 0 spiro atoms. The lowest BCUT2D eigenvalue weighted by Crippen LogP contribution is -2.38. The summed E-state index contributed by atoms with van der Waals surface area (Å²) in [6.45, 7) is 10.2. The Balaban J connectivity index is 0.00000392. The molecule has 28 heavy (non-hydrogen) atoms. The Labute approximate surface area is 190 Å². The van der Waals surface area contributed by atoms with Crippen LogP contribution in [0.25, 0.3) is 0 Å². The van der Waals surface area contributed by atoms with Crippen LogP contribution in [0, 0.1) is 13.8 Å². The number of hydrogen-bond donors (Lipinski definition) is 2. The summed E-state index contributed by atoms with van der Waals surface area (Å²) in [5.74, 6) is 0.882. The Bertz CT molecular complexity index is 671. The molecule has 1 aromatic heterocycles. The molecule has 0 aliphatic carbocycles. The van der Waals surface area contributed by atoms with Crippen molar-refractivity contribution in [2.45, 2.75) is 46.6 Å². The Morgan fingerprint density at radius 2 is 1.93 bits per heavy atom. The van der Waals surface area contributed by atoms with Gasteiger partial charge in [0, 0.05) is 37.5 Å². The number of nitrogens with zero attached hydrogens (tertiary/aromatic N) is 2. The molecule has 0 atom stereocenters. The number of benzene rings is 1. The lowest BCUT2D eigenvalue weighted by Gasteiger charge is -2.10. The first kappa shape index (κ1) is 24.8. The third-order valence-corrected chi connectivity index (χ3v) is 5.26. The third kappa shape index (κ3) is 9.84. The van der Waals surface area contributed by atoms with Crippen molar-refractivity contribution < 1.29 is 4.74 Å². The van der Waals surface area contributed by atoms with Crippen LogP contribution in [0.4, 0.5) is 0 Å². The van der Waals surface area contributed by atoms with E-state index < -0.39 is 0 Å². The molecule has 2 N–H and O–H groups in total. The average Bonchev–Trinajstić information content (AvgIpc) is 2.99. The summed E-state index contributed by atoms with van der Waals surface area (Å²) in [6, 6.07) is 10.3. The molecule has 1 heterocycles. The zero-order valence-electron chi connectivity index (χ0n) is 17.2. The van der Waals surface area contributed by atoms with E-state index in [-0.39, 0.29) is 24.0 Å². The summed E-state index contributed by atoms with van der Waals surface area (Å²) in [7, 11) is 0. The first-order valence-electron chi connectivity index (χ1n) is 9.75. The van der Waals surface area contributed by atoms with Crippen molar-refractivity contribution in [3.63, 3.8) is 0 Å². The molecule has 2 rings (SSSR count). The quantitative estimate of drug-likeness (QED) is 0.200. The van der Waals surface area contributed by atoms with Gasteiger partial charge in [-0.25, -0.2) is 4.98 Å². The summed E-state index contributed by atoms with van der Waals surface area (Å²) < 4.78 is 5.71. The number of hydrogen-bond acceptors (Lipinski definition) is 4. The molecule has 5 nitrogen and oxygen atoms in total. The van der Waals surface area contributed by atoms with Crippen LogP contribution in [0.5, 0.6) is 0 Å². The first-order chi connectivity index (χ1) is 13.2. The van der Waals surface area contributed by atoms with Crippen molar-refractivity contribution in [3.05, 3.63) is 51.5 Å². The smallest absolute Gasteiger partial charge is 0.191 e. The van der Waals surface area contributed by atoms with Gasteiger partial charge in [0.25, 0.3) is 0 Å². The second-order valence-corrected chi connectivity index (χ2v) is 7.72. The van der Waals surface area contributed by atoms with E-state index in [0.29, 0.717) is 6.61 Å². The maximum absolute atomic E-state index is 5.71. The van der Waals surface area contributed by atoms with Crippen LogP contribution in [0.2, 0.25) is 0 Å². The number of aryl methyl sites for hydroxylation is 2. The number of nitrogens with one attached hydrogen (secondary N) is 2. The molecule has 0 aliphatic rings. The zero-order chi connectivity index (χ0) is 19.3. The Morgan fingerprint density at radius 1 is 1.14 bits per heavy atom. The molecule has 0 bridgehead atoms. The maximum atomic E-state index is 5.71. The van der Waals surface area contributed by atoms with Crippen molar-refractivity contribution in [1.82, 2.24) is 15.6 Å². The van der Waals surface area contributed by atoms with Crippen LogP contribution in [0.3, 0.4) is 0 Å². The predicted molar refractivity (Wildman–Crippen MR) is 130 cm³/mol. The molecule has 156 valence electrons. The Morgan fingerprint density at radius 3 is 2.61 bits per heavy atom. The first-order valence-corrected chi connectivity index (χ1v) is 10.6. The summed E-state index contributed by atoms with van der Waals surface area (Å²) in [6.07, 6.45) is 2.97. The van der Waals surface area contributed by atoms with E-state index in [1.54, 1.807) is 11.3 Å². The minimum atomic E-state index is 0. The van der Waals surface area contributed by atoms with Crippen molar-refractivity contribution >= 4 is 41.3 Å². The SMILES string of the molecule is CCNC(=NCCCCOCc1ccccc1)NCCc1nc(C)c(C)s1.I. The lowest BCUT2D eigenvalue weighted by atomic mass is 10.2. The fraction of sp³-hybridized carbons (Fsp3) is 0.524. The average molecular weight is 516 g/mol. The van der Waals surface area contributed by atoms with Crippen LogP contribution in [-0.4, -0.2) is 37.2 Å². The predicted octanol–water partition coefficient (Wildman–Crippen LogP) is 4.47. The number of unbranched alkanes of at least 4 members (excludes halogenated alkanes) is 1. The third-order valence-electron chi connectivity index (χ3n) is 4.13. The summed E-state index contributed by atoms with van der Waals surface area (Å²) >= 11 is 1.78. The highest BCUT2D eigenvalue weighted by Gasteiger charge is 2.04. The van der Waals surface area contributed by atoms with E-state index in [1.165, 1.54) is 15.4 Å². The van der Waals surface area contributed by atoms with Gasteiger partial charge in [-0.05, 0) is 39.2 Å². The van der Waals surface area contributed by atoms with Crippen LogP contribution >= 0.6 is 35.3 Å². The van der Waals surface area contributed by atoms with E-state index in [4.69, 9.17) is 4.74 Å². The Hall–Kier alpha value is -1.19. The molecule has 0 aliphatic heterocycles. The number of aliphatic imine (C=N–C) groups is 1. The molecular formula is C21H33IN4OS. The molecule has 0 saturated heterocycles. The van der Waals surface area contributed by atoms with Crippen LogP contribution in [0.15, 0.2) is 35.3 Å². The van der Waals surface area contributed by atoms with Gasteiger partial charge in [0.15, 0.2) is 5.96 Å². The van der Waals surface area contributed by atoms with Gasteiger partial charge in [0.2, 0.25) is 0 Å². The van der Waals surface area contributed by atoms with Crippen LogP contribution in [-0.2, 0) is 17.8 Å². The number of thiazole rings is 1. The fourth-order valence-electron chi connectivity index (χ4n) is 2.55. The molecule has 0 unspecified atom stereocenters. The van der Waals surface area contributed by atoms with E-state index in [1.807, 2.05) is 18.2 Å². The van der Waals surface area contributed by atoms with E-state index >= 15 is 0 Å². The molecule has 0 amide bonds. The van der Waals surface area contributed by atoms with Crippen molar-refractivity contribution in [2.75, 3.05) is 26.2 Å². The van der Waals surface area contributed by atoms with Gasteiger partial charge in [-0.3, -0.25) is 4.99 Å². The number of guanidine groups is 1. The molecule has 2 aromatic rings. The minimum absolute atomic E-state index is 0. The molecular weight excluding hydrogens is 483 g/mol. The highest BCUT2D eigenvalue weighted by Crippen LogP contribution is 2.16. The summed E-state index contributed by atoms with van der Waals surface area (Å²) in [4.78, 5) is 10.5. The second-order valence-electron chi connectivity index (χ2n) is 6.43. The van der Waals surface area contributed by atoms with Crippen molar-refractivity contribution in [1.29, 1.82) is 0 Å². The molecule has 1 aromatic carbocycles. The normalized spacial score (nSPS) is 11.2. The Kier molecular flexibility index (Phi) is 13.1. The molecule has 0 fully saturated rings.